The predicted molar refractivity (Wildman–Crippen MR) is 109 cm³/mol. The van der Waals surface area contributed by atoms with Crippen molar-refractivity contribution in [3.05, 3.63) is 53.4 Å². The Hall–Kier alpha value is -1.74. The summed E-state index contributed by atoms with van der Waals surface area (Å²) in [4.78, 5) is 14.6. The van der Waals surface area contributed by atoms with Gasteiger partial charge in [-0.15, -0.1) is 11.3 Å². The molecule has 0 radical (unpaired) electrons. The minimum atomic E-state index is -3.69. The molecule has 1 aromatic heterocycles. The van der Waals surface area contributed by atoms with Gasteiger partial charge in [-0.2, -0.15) is 4.72 Å². The summed E-state index contributed by atoms with van der Waals surface area (Å²) in [6.45, 7) is 5.55. The summed E-state index contributed by atoms with van der Waals surface area (Å²) in [6.07, 6.45) is 0. The van der Waals surface area contributed by atoms with Gasteiger partial charge >= 0.3 is 0 Å². The molecule has 0 saturated carbocycles. The molecule has 0 aliphatic rings. The second-order valence-corrected chi connectivity index (χ2v) is 9.68. The lowest BCUT2D eigenvalue weighted by Gasteiger charge is -2.22. The van der Waals surface area contributed by atoms with Crippen molar-refractivity contribution in [2.75, 3.05) is 20.1 Å². The van der Waals surface area contributed by atoms with E-state index in [4.69, 9.17) is 0 Å². The van der Waals surface area contributed by atoms with Crippen molar-refractivity contribution in [2.45, 2.75) is 30.6 Å². The smallest absolute Gasteiger partial charge is 0.250 e. The number of benzene rings is 1. The van der Waals surface area contributed by atoms with Crippen molar-refractivity contribution in [3.8, 4) is 0 Å². The first-order chi connectivity index (χ1) is 12.8. The van der Waals surface area contributed by atoms with Gasteiger partial charge in [-0.3, -0.25) is 4.79 Å². The maximum absolute atomic E-state index is 12.5. The van der Waals surface area contributed by atoms with Gasteiger partial charge in [0, 0.05) is 19.6 Å². The van der Waals surface area contributed by atoms with Crippen LogP contribution >= 0.6 is 11.3 Å². The number of sulfonamides is 1. The van der Waals surface area contributed by atoms with Crippen LogP contribution in [0.5, 0.6) is 0 Å². The quantitative estimate of drug-likeness (QED) is 0.631. The van der Waals surface area contributed by atoms with E-state index in [0.29, 0.717) is 13.1 Å². The summed E-state index contributed by atoms with van der Waals surface area (Å²) in [5.74, 6) is -0.472. The SMILES string of the molecule is CC(C)[C@@H](NS(=O)(=O)c1cccs1)C(=O)NCCN(C)Cc1ccccc1. The summed E-state index contributed by atoms with van der Waals surface area (Å²) in [6, 6.07) is 12.5. The zero-order valence-corrected chi connectivity index (χ0v) is 17.5. The molecule has 1 atom stereocenters. The number of nitrogens with zero attached hydrogens (tertiary/aromatic N) is 1. The molecule has 1 amide bonds. The molecule has 2 aromatic rings. The summed E-state index contributed by atoms with van der Waals surface area (Å²) in [7, 11) is -1.71. The first-order valence-electron chi connectivity index (χ1n) is 8.85. The third-order valence-electron chi connectivity index (χ3n) is 4.08. The van der Waals surface area contributed by atoms with E-state index < -0.39 is 16.1 Å². The first-order valence-corrected chi connectivity index (χ1v) is 11.2. The Labute approximate surface area is 165 Å². The van der Waals surface area contributed by atoms with E-state index in [0.717, 1.165) is 17.9 Å². The number of amides is 1. The minimum absolute atomic E-state index is 0.165. The van der Waals surface area contributed by atoms with Crippen molar-refractivity contribution >= 4 is 27.3 Å². The second kappa shape index (κ2) is 9.98. The van der Waals surface area contributed by atoms with Gasteiger partial charge in [0.05, 0.1) is 0 Å². The number of likely N-dealkylation sites (N-methyl/N-ethyl adjacent to an activating group) is 1. The molecule has 0 saturated heterocycles. The maximum Gasteiger partial charge on any atom is 0.250 e. The van der Waals surface area contributed by atoms with Crippen LogP contribution in [-0.2, 0) is 21.4 Å². The fourth-order valence-electron chi connectivity index (χ4n) is 2.59. The van der Waals surface area contributed by atoms with Gasteiger partial charge in [0.2, 0.25) is 5.91 Å². The summed E-state index contributed by atoms with van der Waals surface area (Å²) in [5.41, 5.74) is 1.20. The van der Waals surface area contributed by atoms with Crippen LogP contribution in [0.25, 0.3) is 0 Å². The fraction of sp³-hybridized carbons (Fsp3) is 0.421. The van der Waals surface area contributed by atoms with E-state index in [9.17, 15) is 13.2 Å². The van der Waals surface area contributed by atoms with Crippen LogP contribution in [0.2, 0.25) is 0 Å². The van der Waals surface area contributed by atoms with E-state index in [1.54, 1.807) is 11.4 Å². The standard InChI is InChI=1S/C19H27N3O3S2/c1-15(2)18(21-27(24,25)17-10-7-13-26-17)19(23)20-11-12-22(3)14-16-8-5-4-6-9-16/h4-10,13,15,18,21H,11-12,14H2,1-3H3,(H,20,23)/t18-/m1/s1. The zero-order chi connectivity index (χ0) is 19.9. The van der Waals surface area contributed by atoms with Crippen LogP contribution in [0.4, 0.5) is 0 Å². The van der Waals surface area contributed by atoms with Gasteiger partial charge in [-0.25, -0.2) is 8.42 Å². The van der Waals surface area contributed by atoms with Gasteiger partial charge in [0.15, 0.2) is 0 Å². The van der Waals surface area contributed by atoms with Crippen LogP contribution in [0.3, 0.4) is 0 Å². The summed E-state index contributed by atoms with van der Waals surface area (Å²) < 4.78 is 27.6. The highest BCUT2D eigenvalue weighted by molar-refractivity contribution is 7.91. The van der Waals surface area contributed by atoms with Gasteiger partial charge in [-0.05, 0) is 30.0 Å². The van der Waals surface area contributed by atoms with E-state index in [1.165, 1.54) is 11.6 Å². The van der Waals surface area contributed by atoms with Crippen LogP contribution in [0, 0.1) is 5.92 Å². The number of nitrogens with one attached hydrogen (secondary N) is 2. The van der Waals surface area contributed by atoms with Crippen LogP contribution < -0.4 is 10.0 Å². The molecule has 0 spiro atoms. The molecule has 1 aromatic carbocycles. The Morgan fingerprint density at radius 1 is 1.15 bits per heavy atom. The zero-order valence-electron chi connectivity index (χ0n) is 15.9. The highest BCUT2D eigenvalue weighted by atomic mass is 32.2. The average molecular weight is 410 g/mol. The molecule has 1 heterocycles. The van der Waals surface area contributed by atoms with Crippen molar-refractivity contribution in [3.63, 3.8) is 0 Å². The molecular formula is C19H27N3O3S2. The molecule has 0 aliphatic heterocycles. The summed E-state index contributed by atoms with van der Waals surface area (Å²) in [5, 5.41) is 4.54. The lowest BCUT2D eigenvalue weighted by Crippen LogP contribution is -2.50. The van der Waals surface area contributed by atoms with E-state index in [-0.39, 0.29) is 16.0 Å². The van der Waals surface area contributed by atoms with E-state index in [1.807, 2.05) is 39.1 Å². The Morgan fingerprint density at radius 2 is 1.85 bits per heavy atom. The topological polar surface area (TPSA) is 78.5 Å². The second-order valence-electron chi connectivity index (χ2n) is 6.79. The lowest BCUT2D eigenvalue weighted by molar-refractivity contribution is -0.123. The number of carbonyl (C=O) groups excluding carboxylic acids is 1. The number of carbonyl (C=O) groups is 1. The van der Waals surface area contributed by atoms with Crippen LogP contribution in [0.1, 0.15) is 19.4 Å². The molecule has 0 unspecified atom stereocenters. The van der Waals surface area contributed by atoms with E-state index >= 15 is 0 Å². The highest BCUT2D eigenvalue weighted by Crippen LogP contribution is 2.17. The molecule has 148 valence electrons. The van der Waals surface area contributed by atoms with Crippen molar-refractivity contribution in [1.29, 1.82) is 0 Å². The number of hydrogen-bond acceptors (Lipinski definition) is 5. The summed E-state index contributed by atoms with van der Waals surface area (Å²) >= 11 is 1.13. The van der Waals surface area contributed by atoms with Gasteiger partial charge in [0.25, 0.3) is 10.0 Å². The molecule has 6 nitrogen and oxygen atoms in total. The molecule has 2 rings (SSSR count). The van der Waals surface area contributed by atoms with Crippen LogP contribution in [-0.4, -0.2) is 45.4 Å². The minimum Gasteiger partial charge on any atom is -0.353 e. The van der Waals surface area contributed by atoms with Crippen molar-refractivity contribution in [2.24, 2.45) is 5.92 Å². The predicted octanol–water partition coefficient (Wildman–Crippen LogP) is 2.30. The third kappa shape index (κ3) is 6.73. The number of thiophene rings is 1. The average Bonchev–Trinajstić information content (AvgIpc) is 3.16. The Kier molecular flexibility index (Phi) is 7.97. The monoisotopic (exact) mass is 409 g/mol. The fourth-order valence-corrected chi connectivity index (χ4v) is 4.94. The maximum atomic E-state index is 12.5. The molecule has 0 fully saturated rings. The van der Waals surface area contributed by atoms with Gasteiger partial charge in [-0.1, -0.05) is 50.2 Å². The highest BCUT2D eigenvalue weighted by Gasteiger charge is 2.28. The molecule has 0 bridgehead atoms. The lowest BCUT2D eigenvalue weighted by atomic mass is 10.1. The Morgan fingerprint density at radius 3 is 2.44 bits per heavy atom. The van der Waals surface area contributed by atoms with E-state index in [2.05, 4.69) is 27.1 Å². The molecule has 27 heavy (non-hydrogen) atoms. The molecular weight excluding hydrogens is 382 g/mol. The largest absolute Gasteiger partial charge is 0.353 e. The number of rotatable bonds is 10. The Bertz CT molecular complexity index is 806. The van der Waals surface area contributed by atoms with Crippen molar-refractivity contribution in [1.82, 2.24) is 14.9 Å². The number of hydrogen-bond donors (Lipinski definition) is 2. The Balaban J connectivity index is 1.86. The first kappa shape index (κ1) is 21.6. The van der Waals surface area contributed by atoms with Gasteiger partial charge in [0.1, 0.15) is 10.3 Å². The van der Waals surface area contributed by atoms with Crippen LogP contribution in [0.15, 0.2) is 52.1 Å². The normalized spacial score (nSPS) is 13.1. The molecule has 8 heteroatoms. The third-order valence-corrected chi connectivity index (χ3v) is 6.92. The molecule has 0 aliphatic carbocycles. The molecule has 2 N–H and O–H groups in total. The van der Waals surface area contributed by atoms with Gasteiger partial charge < -0.3 is 10.2 Å². The van der Waals surface area contributed by atoms with Crippen molar-refractivity contribution < 1.29 is 13.2 Å².